The first kappa shape index (κ1) is 22.0. The van der Waals surface area contributed by atoms with E-state index in [0.717, 1.165) is 58.4 Å². The number of rotatable bonds is 10. The number of ether oxygens (including phenoxy) is 1. The second-order valence-corrected chi connectivity index (χ2v) is 9.39. The molecule has 162 valence electrons. The van der Waals surface area contributed by atoms with Crippen molar-refractivity contribution >= 4 is 16.2 Å². The van der Waals surface area contributed by atoms with E-state index in [9.17, 15) is 13.2 Å². The van der Waals surface area contributed by atoms with E-state index in [1.165, 1.54) is 5.56 Å². The first-order valence-corrected chi connectivity index (χ1v) is 12.0. The average Bonchev–Trinajstić information content (AvgIpc) is 3.05. The lowest BCUT2D eigenvalue weighted by Crippen LogP contribution is -2.46. The number of hydrogen-bond acceptors (Lipinski definition) is 7. The van der Waals surface area contributed by atoms with Crippen molar-refractivity contribution in [1.29, 1.82) is 0 Å². The van der Waals surface area contributed by atoms with Crippen molar-refractivity contribution in [2.24, 2.45) is 0 Å². The van der Waals surface area contributed by atoms with Crippen LogP contribution in [0.1, 0.15) is 18.4 Å². The number of nitrogens with zero attached hydrogens (tertiary/aromatic N) is 3. The third-order valence-electron chi connectivity index (χ3n) is 5.28. The van der Waals surface area contributed by atoms with Gasteiger partial charge in [-0.05, 0) is 24.9 Å². The summed E-state index contributed by atoms with van der Waals surface area (Å²) in [5.41, 5.74) is 1.36. The highest BCUT2D eigenvalue weighted by Crippen LogP contribution is 2.14. The molecule has 1 aromatic carbocycles. The van der Waals surface area contributed by atoms with E-state index in [-0.39, 0.29) is 12.7 Å². The Morgan fingerprint density at radius 1 is 1.03 bits per heavy atom. The fourth-order valence-corrected chi connectivity index (χ4v) is 4.09. The molecule has 29 heavy (non-hydrogen) atoms. The second-order valence-electron chi connectivity index (χ2n) is 7.75. The van der Waals surface area contributed by atoms with Gasteiger partial charge in [-0.25, -0.2) is 4.79 Å². The van der Waals surface area contributed by atoms with Crippen LogP contribution in [-0.2, 0) is 25.6 Å². The van der Waals surface area contributed by atoms with Crippen LogP contribution in [0.3, 0.4) is 0 Å². The maximum Gasteiger partial charge on any atom is 0.410 e. The van der Waals surface area contributed by atoms with Crippen molar-refractivity contribution in [3.63, 3.8) is 0 Å². The quantitative estimate of drug-likeness (QED) is 0.414. The number of carbonyl (C=O) groups is 1. The molecule has 0 radical (unpaired) electrons. The van der Waals surface area contributed by atoms with Gasteiger partial charge in [-0.3, -0.25) is 9.08 Å². The first-order valence-electron chi connectivity index (χ1n) is 10.2. The highest BCUT2D eigenvalue weighted by molar-refractivity contribution is 7.85. The molecule has 0 aromatic heterocycles. The van der Waals surface area contributed by atoms with Crippen LogP contribution in [0.2, 0.25) is 0 Å². The van der Waals surface area contributed by atoms with Crippen molar-refractivity contribution in [2.45, 2.75) is 25.5 Å². The maximum absolute atomic E-state index is 11.9. The molecule has 1 unspecified atom stereocenters. The number of benzene rings is 1. The monoisotopic (exact) mass is 425 g/mol. The molecule has 0 saturated carbocycles. The van der Waals surface area contributed by atoms with Gasteiger partial charge in [0.05, 0.1) is 12.8 Å². The number of cyclic esters (lactones) is 1. The van der Waals surface area contributed by atoms with E-state index in [2.05, 4.69) is 34.1 Å². The molecule has 1 atom stereocenters. The van der Waals surface area contributed by atoms with E-state index in [4.69, 9.17) is 8.92 Å². The van der Waals surface area contributed by atoms with Crippen LogP contribution in [-0.4, -0.2) is 94.0 Å². The number of amides is 1. The lowest BCUT2D eigenvalue weighted by atomic mass is 10.2. The van der Waals surface area contributed by atoms with Gasteiger partial charge in [-0.2, -0.15) is 8.42 Å². The zero-order valence-corrected chi connectivity index (χ0v) is 17.8. The van der Waals surface area contributed by atoms with Crippen LogP contribution >= 0.6 is 0 Å². The molecular formula is C20H31N3O5S. The summed E-state index contributed by atoms with van der Waals surface area (Å²) in [4.78, 5) is 18.5. The van der Waals surface area contributed by atoms with E-state index in [1.807, 2.05) is 6.07 Å². The molecule has 1 aromatic rings. The molecule has 0 bridgehead atoms. The van der Waals surface area contributed by atoms with E-state index < -0.39 is 16.2 Å². The van der Waals surface area contributed by atoms with Crippen LogP contribution in [0, 0.1) is 0 Å². The zero-order valence-electron chi connectivity index (χ0n) is 17.0. The van der Waals surface area contributed by atoms with Gasteiger partial charge < -0.3 is 14.5 Å². The van der Waals surface area contributed by atoms with Gasteiger partial charge in [-0.1, -0.05) is 30.3 Å². The second kappa shape index (κ2) is 10.4. The fourth-order valence-electron chi connectivity index (χ4n) is 3.69. The lowest BCUT2D eigenvalue weighted by Gasteiger charge is -2.34. The number of piperazine rings is 1. The first-order chi connectivity index (χ1) is 13.9. The molecule has 2 aliphatic rings. The Hall–Kier alpha value is -1.68. The highest BCUT2D eigenvalue weighted by atomic mass is 32.2. The smallest absolute Gasteiger partial charge is 0.410 e. The summed E-state index contributed by atoms with van der Waals surface area (Å²) in [5.74, 6) is 0. The van der Waals surface area contributed by atoms with Crippen LogP contribution in [0.5, 0.6) is 0 Å². The largest absolute Gasteiger partial charge is 0.442 e. The molecular weight excluding hydrogens is 394 g/mol. The molecule has 8 nitrogen and oxygen atoms in total. The minimum absolute atomic E-state index is 0.117. The Morgan fingerprint density at radius 3 is 2.38 bits per heavy atom. The van der Waals surface area contributed by atoms with Gasteiger partial charge in [0.2, 0.25) is 0 Å². The number of hydrogen-bond donors (Lipinski definition) is 0. The standard InChI is InChI=1S/C20H31N3O5S/c1-29(25,26)27-17-19-16-23(20(24)28-19)10-6-5-9-21-11-13-22(14-12-21)15-18-7-3-2-4-8-18/h2-4,7-8,19H,5-6,9-17H2,1H3. The molecule has 2 heterocycles. The average molecular weight is 426 g/mol. The third-order valence-corrected chi connectivity index (χ3v) is 5.85. The summed E-state index contributed by atoms with van der Waals surface area (Å²) in [6.45, 7) is 7.24. The van der Waals surface area contributed by atoms with Crippen molar-refractivity contribution in [2.75, 3.05) is 58.7 Å². The van der Waals surface area contributed by atoms with Crippen molar-refractivity contribution in [3.05, 3.63) is 35.9 Å². The van der Waals surface area contributed by atoms with E-state index in [0.29, 0.717) is 13.1 Å². The van der Waals surface area contributed by atoms with Gasteiger partial charge in [0, 0.05) is 39.3 Å². The Bertz CT molecular complexity index is 751. The lowest BCUT2D eigenvalue weighted by molar-refractivity contribution is 0.104. The minimum Gasteiger partial charge on any atom is -0.442 e. The molecule has 3 rings (SSSR count). The number of carbonyl (C=O) groups excluding carboxylic acids is 1. The Balaban J connectivity index is 1.27. The van der Waals surface area contributed by atoms with Crippen LogP contribution in [0.15, 0.2) is 30.3 Å². The SMILES string of the molecule is CS(=O)(=O)OCC1CN(CCCCN2CCN(Cc3ccccc3)CC2)C(=O)O1. The van der Waals surface area contributed by atoms with Gasteiger partial charge in [0.25, 0.3) is 10.1 Å². The molecule has 0 aliphatic carbocycles. The minimum atomic E-state index is -3.52. The molecule has 2 fully saturated rings. The van der Waals surface area contributed by atoms with Gasteiger partial charge >= 0.3 is 6.09 Å². The highest BCUT2D eigenvalue weighted by Gasteiger charge is 2.31. The molecule has 2 aliphatic heterocycles. The molecule has 0 spiro atoms. The summed E-state index contributed by atoms with van der Waals surface area (Å²) in [6, 6.07) is 10.6. The van der Waals surface area contributed by atoms with Crippen molar-refractivity contribution in [3.8, 4) is 0 Å². The topological polar surface area (TPSA) is 79.4 Å². The Morgan fingerprint density at radius 2 is 1.69 bits per heavy atom. The summed E-state index contributed by atoms with van der Waals surface area (Å²) >= 11 is 0. The molecule has 1 amide bonds. The molecule has 0 N–H and O–H groups in total. The Labute approximate surface area is 173 Å². The van der Waals surface area contributed by atoms with E-state index >= 15 is 0 Å². The summed E-state index contributed by atoms with van der Waals surface area (Å²) < 4.78 is 32.0. The number of unbranched alkanes of at least 4 members (excludes halogenated alkanes) is 1. The summed E-state index contributed by atoms with van der Waals surface area (Å²) in [6.07, 6.45) is 2.01. The Kier molecular flexibility index (Phi) is 7.88. The van der Waals surface area contributed by atoms with Crippen molar-refractivity contribution < 1.29 is 22.1 Å². The van der Waals surface area contributed by atoms with Crippen LogP contribution < -0.4 is 0 Å². The predicted molar refractivity (Wildman–Crippen MR) is 110 cm³/mol. The van der Waals surface area contributed by atoms with Crippen LogP contribution in [0.4, 0.5) is 4.79 Å². The molecule has 9 heteroatoms. The summed E-state index contributed by atoms with van der Waals surface area (Å²) in [5, 5.41) is 0. The zero-order chi connectivity index (χ0) is 20.7. The normalized spacial score (nSPS) is 21.5. The van der Waals surface area contributed by atoms with E-state index in [1.54, 1.807) is 4.90 Å². The maximum atomic E-state index is 11.9. The predicted octanol–water partition coefficient (Wildman–Crippen LogP) is 1.38. The van der Waals surface area contributed by atoms with Crippen molar-refractivity contribution in [1.82, 2.24) is 14.7 Å². The van der Waals surface area contributed by atoms with Crippen LogP contribution in [0.25, 0.3) is 0 Å². The summed E-state index contributed by atoms with van der Waals surface area (Å²) in [7, 11) is -3.52. The molecule has 2 saturated heterocycles. The fraction of sp³-hybridized carbons (Fsp3) is 0.650. The van der Waals surface area contributed by atoms with Gasteiger partial charge in [-0.15, -0.1) is 0 Å². The third kappa shape index (κ3) is 7.58. The van der Waals surface area contributed by atoms with Gasteiger partial charge in [0.1, 0.15) is 12.7 Å². The van der Waals surface area contributed by atoms with Gasteiger partial charge in [0.15, 0.2) is 0 Å².